The molecule has 0 radical (unpaired) electrons. The summed E-state index contributed by atoms with van der Waals surface area (Å²) in [7, 11) is 0. The van der Waals surface area contributed by atoms with Gasteiger partial charge in [0.25, 0.3) is 5.56 Å². The Morgan fingerprint density at radius 1 is 1.12 bits per heavy atom. The number of carbonyl (C=O) groups excluding carboxylic acids is 1. The maximum atomic E-state index is 13.9. The number of aryl methyl sites for hydroxylation is 2. The number of nitrogens with zero attached hydrogens (tertiary/aromatic N) is 2. The summed E-state index contributed by atoms with van der Waals surface area (Å²) in [5.74, 6) is -2.01. The number of thioether (sulfide) groups is 1. The minimum atomic E-state index is -0.723. The van der Waals surface area contributed by atoms with E-state index in [9.17, 15) is 18.4 Å². The molecule has 0 saturated heterocycles. The van der Waals surface area contributed by atoms with Gasteiger partial charge in [-0.25, -0.2) is 13.8 Å². The van der Waals surface area contributed by atoms with Crippen molar-refractivity contribution >= 4 is 44.9 Å². The highest BCUT2D eigenvalue weighted by Gasteiger charge is 2.23. The molecule has 5 nitrogen and oxygen atoms in total. The van der Waals surface area contributed by atoms with E-state index in [2.05, 4.69) is 5.32 Å². The van der Waals surface area contributed by atoms with Crippen LogP contribution >= 0.6 is 23.1 Å². The molecule has 1 aliphatic rings. The fourth-order valence-electron chi connectivity index (χ4n) is 4.00. The molecule has 1 amide bonds. The largest absolute Gasteiger partial charge is 0.323 e. The van der Waals surface area contributed by atoms with Crippen LogP contribution in [-0.4, -0.2) is 21.2 Å². The third kappa shape index (κ3) is 4.30. The van der Waals surface area contributed by atoms with Crippen molar-refractivity contribution in [2.75, 3.05) is 11.1 Å². The molecule has 0 bridgehead atoms. The molecule has 168 valence electrons. The normalized spacial score (nSPS) is 13.2. The van der Waals surface area contributed by atoms with Gasteiger partial charge in [-0.15, -0.1) is 11.3 Å². The van der Waals surface area contributed by atoms with E-state index in [0.29, 0.717) is 21.1 Å². The lowest BCUT2D eigenvalue weighted by Gasteiger charge is -2.13. The average Bonchev–Trinajstić information content (AvgIpc) is 3.19. The molecular formula is C24H19F2N3O2S2. The van der Waals surface area contributed by atoms with Crippen LogP contribution in [0.15, 0.2) is 58.5 Å². The molecule has 0 atom stereocenters. The first-order valence-corrected chi connectivity index (χ1v) is 12.3. The lowest BCUT2D eigenvalue weighted by atomic mass is 9.97. The number of para-hydroxylation sites is 1. The van der Waals surface area contributed by atoms with Gasteiger partial charge < -0.3 is 5.32 Å². The van der Waals surface area contributed by atoms with Gasteiger partial charge in [0.1, 0.15) is 16.5 Å². The van der Waals surface area contributed by atoms with Crippen molar-refractivity contribution in [3.63, 3.8) is 0 Å². The van der Waals surface area contributed by atoms with Gasteiger partial charge in [-0.3, -0.25) is 14.2 Å². The van der Waals surface area contributed by atoms with Gasteiger partial charge in [0.05, 0.1) is 22.5 Å². The van der Waals surface area contributed by atoms with Crippen molar-refractivity contribution in [3.05, 3.63) is 81.0 Å². The van der Waals surface area contributed by atoms with Crippen LogP contribution in [0.1, 0.15) is 23.3 Å². The van der Waals surface area contributed by atoms with Gasteiger partial charge in [-0.1, -0.05) is 30.0 Å². The molecule has 33 heavy (non-hydrogen) atoms. The number of hydrogen-bond acceptors (Lipinski definition) is 5. The number of carbonyl (C=O) groups is 1. The van der Waals surface area contributed by atoms with Crippen LogP contribution in [0.5, 0.6) is 0 Å². The van der Waals surface area contributed by atoms with E-state index in [1.54, 1.807) is 11.3 Å². The summed E-state index contributed by atoms with van der Waals surface area (Å²) < 4.78 is 28.8. The van der Waals surface area contributed by atoms with Gasteiger partial charge >= 0.3 is 0 Å². The zero-order valence-electron chi connectivity index (χ0n) is 17.4. The zero-order valence-corrected chi connectivity index (χ0v) is 19.1. The first-order valence-electron chi connectivity index (χ1n) is 10.5. The zero-order chi connectivity index (χ0) is 22.9. The van der Waals surface area contributed by atoms with Crippen LogP contribution < -0.4 is 10.9 Å². The smallest absolute Gasteiger partial charge is 0.267 e. The van der Waals surface area contributed by atoms with Gasteiger partial charge in [0, 0.05) is 10.9 Å². The lowest BCUT2D eigenvalue weighted by molar-refractivity contribution is -0.113. The predicted molar refractivity (Wildman–Crippen MR) is 128 cm³/mol. The van der Waals surface area contributed by atoms with Gasteiger partial charge in [0.2, 0.25) is 5.91 Å². The third-order valence-corrected chi connectivity index (χ3v) is 7.63. The first kappa shape index (κ1) is 21.8. The molecule has 2 aromatic heterocycles. The molecule has 2 heterocycles. The molecule has 1 N–H and O–H groups in total. The second-order valence-electron chi connectivity index (χ2n) is 7.72. The van der Waals surface area contributed by atoms with Gasteiger partial charge in [-0.05, 0) is 55.5 Å². The molecular weight excluding hydrogens is 464 g/mol. The minimum Gasteiger partial charge on any atom is -0.323 e. The first-order chi connectivity index (χ1) is 16.0. The fraction of sp³-hybridized carbons (Fsp3) is 0.208. The predicted octanol–water partition coefficient (Wildman–Crippen LogP) is 5.34. The number of rotatable bonds is 5. The Bertz CT molecular complexity index is 1420. The van der Waals surface area contributed by atoms with Crippen molar-refractivity contribution in [2.45, 2.75) is 30.8 Å². The van der Waals surface area contributed by atoms with E-state index in [0.717, 1.165) is 61.2 Å². The number of nitrogens with one attached hydrogen (secondary N) is 1. The van der Waals surface area contributed by atoms with Crippen molar-refractivity contribution in [3.8, 4) is 5.69 Å². The van der Waals surface area contributed by atoms with E-state index in [1.165, 1.54) is 9.44 Å². The van der Waals surface area contributed by atoms with E-state index in [-0.39, 0.29) is 17.0 Å². The van der Waals surface area contributed by atoms with Crippen molar-refractivity contribution in [1.82, 2.24) is 9.55 Å². The van der Waals surface area contributed by atoms with Crippen LogP contribution in [-0.2, 0) is 17.6 Å². The van der Waals surface area contributed by atoms with E-state index >= 15 is 0 Å². The summed E-state index contributed by atoms with van der Waals surface area (Å²) in [6, 6.07) is 12.0. The molecule has 0 spiro atoms. The van der Waals surface area contributed by atoms with Crippen LogP contribution in [0.4, 0.5) is 14.5 Å². The Hall–Kier alpha value is -3.04. The highest BCUT2D eigenvalue weighted by molar-refractivity contribution is 7.99. The number of halogens is 2. The number of aromatic nitrogens is 2. The topological polar surface area (TPSA) is 64.0 Å². The van der Waals surface area contributed by atoms with Crippen molar-refractivity contribution in [2.24, 2.45) is 0 Å². The van der Waals surface area contributed by atoms with Crippen LogP contribution in [0, 0.1) is 11.6 Å². The summed E-state index contributed by atoms with van der Waals surface area (Å²) in [5.41, 5.74) is 1.38. The fourth-order valence-corrected chi connectivity index (χ4v) is 6.11. The highest BCUT2D eigenvalue weighted by atomic mass is 32.2. The molecule has 4 aromatic rings. The third-order valence-electron chi connectivity index (χ3n) is 5.51. The number of hydrogen-bond donors (Lipinski definition) is 1. The van der Waals surface area contributed by atoms with Crippen LogP contribution in [0.2, 0.25) is 0 Å². The summed E-state index contributed by atoms with van der Waals surface area (Å²) in [5, 5.41) is 3.43. The van der Waals surface area contributed by atoms with Gasteiger partial charge in [0.15, 0.2) is 5.16 Å². The second-order valence-corrected chi connectivity index (χ2v) is 9.75. The van der Waals surface area contributed by atoms with Gasteiger partial charge in [-0.2, -0.15) is 0 Å². The average molecular weight is 484 g/mol. The van der Waals surface area contributed by atoms with Crippen LogP contribution in [0.25, 0.3) is 15.9 Å². The highest BCUT2D eigenvalue weighted by Crippen LogP contribution is 2.35. The molecule has 1 aliphatic carbocycles. The molecule has 9 heteroatoms. The van der Waals surface area contributed by atoms with E-state index in [4.69, 9.17) is 4.98 Å². The number of benzene rings is 2. The number of amides is 1. The molecule has 0 unspecified atom stereocenters. The second kappa shape index (κ2) is 9.07. The standard InChI is InChI=1S/C24H19F2N3O2S2/c25-14-10-11-17(26)18(12-14)27-20(30)13-32-24-28-22-21(16-8-4-5-9-19(16)33-22)23(31)29(24)15-6-2-1-3-7-15/h1-3,6-7,10-12H,4-5,8-9,13H2,(H,27,30). The number of thiophene rings is 1. The number of fused-ring (bicyclic) bond motifs is 3. The monoisotopic (exact) mass is 483 g/mol. The molecule has 2 aromatic carbocycles. The molecule has 5 rings (SSSR count). The van der Waals surface area contributed by atoms with E-state index in [1.807, 2.05) is 30.3 Å². The molecule has 0 fully saturated rings. The van der Waals surface area contributed by atoms with Crippen molar-refractivity contribution < 1.29 is 13.6 Å². The summed E-state index contributed by atoms with van der Waals surface area (Å²) >= 11 is 2.63. The minimum absolute atomic E-state index is 0.119. The molecule has 0 aliphatic heterocycles. The Morgan fingerprint density at radius 3 is 2.73 bits per heavy atom. The SMILES string of the molecule is O=C(CSc1nc2sc3c(c2c(=O)n1-c1ccccc1)CCCC3)Nc1cc(F)ccc1F. The van der Waals surface area contributed by atoms with Crippen LogP contribution in [0.3, 0.4) is 0 Å². The molecule has 0 saturated carbocycles. The Morgan fingerprint density at radius 2 is 1.91 bits per heavy atom. The quantitative estimate of drug-likeness (QED) is 0.308. The Kier molecular flexibility index (Phi) is 5.99. The van der Waals surface area contributed by atoms with Crippen molar-refractivity contribution in [1.29, 1.82) is 0 Å². The Balaban J connectivity index is 1.51. The van der Waals surface area contributed by atoms with E-state index < -0.39 is 17.5 Å². The maximum absolute atomic E-state index is 13.9. The lowest BCUT2D eigenvalue weighted by Crippen LogP contribution is -2.23. The summed E-state index contributed by atoms with van der Waals surface area (Å²) in [4.78, 5) is 32.7. The Labute approximate surface area is 196 Å². The summed E-state index contributed by atoms with van der Waals surface area (Å²) in [6.07, 6.45) is 3.97. The number of anilines is 1. The summed E-state index contributed by atoms with van der Waals surface area (Å²) in [6.45, 7) is 0. The maximum Gasteiger partial charge on any atom is 0.267 e.